The van der Waals surface area contributed by atoms with Crippen LogP contribution in [0.2, 0.25) is 0 Å². The summed E-state index contributed by atoms with van der Waals surface area (Å²) in [7, 11) is 1.68. The third-order valence-electron chi connectivity index (χ3n) is 2.74. The highest BCUT2D eigenvalue weighted by Crippen LogP contribution is 2.16. The van der Waals surface area contributed by atoms with Crippen molar-refractivity contribution in [2.24, 2.45) is 0 Å². The molecule has 5 heteroatoms. The molecule has 0 fully saturated rings. The van der Waals surface area contributed by atoms with E-state index in [9.17, 15) is 9.18 Å². The van der Waals surface area contributed by atoms with Crippen LogP contribution in [-0.2, 0) is 6.54 Å². The standard InChI is InChI=1S/C13H14FN3O/c1-3-17-12(9-4-6-10(14)7-5-9)16-8-11(15-2)13(17)18/h4-8,15H,3H2,1-2H3. The lowest BCUT2D eigenvalue weighted by Crippen LogP contribution is -2.24. The zero-order chi connectivity index (χ0) is 13.1. The van der Waals surface area contributed by atoms with Crippen LogP contribution in [0.4, 0.5) is 10.1 Å². The Kier molecular flexibility index (Phi) is 3.41. The first-order chi connectivity index (χ1) is 8.67. The van der Waals surface area contributed by atoms with Crippen LogP contribution in [0.5, 0.6) is 0 Å². The molecule has 0 saturated heterocycles. The average Bonchev–Trinajstić information content (AvgIpc) is 2.39. The van der Waals surface area contributed by atoms with Gasteiger partial charge in [0.2, 0.25) is 0 Å². The van der Waals surface area contributed by atoms with Gasteiger partial charge in [-0.1, -0.05) is 0 Å². The van der Waals surface area contributed by atoms with E-state index in [2.05, 4.69) is 10.3 Å². The van der Waals surface area contributed by atoms with Crippen molar-refractivity contribution in [1.82, 2.24) is 9.55 Å². The number of nitrogens with one attached hydrogen (secondary N) is 1. The second-order valence-corrected chi connectivity index (χ2v) is 3.80. The summed E-state index contributed by atoms with van der Waals surface area (Å²) in [5, 5.41) is 2.80. The summed E-state index contributed by atoms with van der Waals surface area (Å²) in [6.45, 7) is 2.38. The van der Waals surface area contributed by atoms with Crippen molar-refractivity contribution in [1.29, 1.82) is 0 Å². The normalized spacial score (nSPS) is 10.4. The van der Waals surface area contributed by atoms with Crippen LogP contribution < -0.4 is 10.9 Å². The first kappa shape index (κ1) is 12.3. The molecule has 0 amide bonds. The van der Waals surface area contributed by atoms with Gasteiger partial charge in [0.05, 0.1) is 6.20 Å². The van der Waals surface area contributed by atoms with Crippen molar-refractivity contribution in [3.63, 3.8) is 0 Å². The molecule has 0 aliphatic rings. The molecule has 1 heterocycles. The van der Waals surface area contributed by atoms with Gasteiger partial charge in [-0.2, -0.15) is 0 Å². The van der Waals surface area contributed by atoms with Gasteiger partial charge in [0.1, 0.15) is 17.3 Å². The number of hydrogen-bond donors (Lipinski definition) is 1. The number of hydrogen-bond acceptors (Lipinski definition) is 3. The Morgan fingerprint density at radius 3 is 2.56 bits per heavy atom. The lowest BCUT2D eigenvalue weighted by atomic mass is 10.2. The molecule has 0 unspecified atom stereocenters. The van der Waals surface area contributed by atoms with Gasteiger partial charge < -0.3 is 5.32 Å². The molecule has 0 aliphatic heterocycles. The molecular formula is C13H14FN3O. The van der Waals surface area contributed by atoms with Gasteiger partial charge in [0.25, 0.3) is 5.56 Å². The first-order valence-corrected chi connectivity index (χ1v) is 5.71. The van der Waals surface area contributed by atoms with E-state index in [1.807, 2.05) is 6.92 Å². The molecule has 2 aromatic rings. The maximum Gasteiger partial charge on any atom is 0.277 e. The zero-order valence-corrected chi connectivity index (χ0v) is 10.3. The second kappa shape index (κ2) is 5.00. The number of aromatic nitrogens is 2. The summed E-state index contributed by atoms with van der Waals surface area (Å²) < 4.78 is 14.4. The summed E-state index contributed by atoms with van der Waals surface area (Å²) in [6, 6.07) is 5.94. The maximum atomic E-state index is 12.9. The highest BCUT2D eigenvalue weighted by molar-refractivity contribution is 5.56. The van der Waals surface area contributed by atoms with Crippen molar-refractivity contribution < 1.29 is 4.39 Å². The number of anilines is 1. The van der Waals surface area contributed by atoms with E-state index in [-0.39, 0.29) is 11.4 Å². The molecule has 0 atom stereocenters. The van der Waals surface area contributed by atoms with E-state index in [1.54, 1.807) is 23.7 Å². The topological polar surface area (TPSA) is 46.9 Å². The van der Waals surface area contributed by atoms with E-state index in [0.717, 1.165) is 5.56 Å². The molecule has 1 aromatic heterocycles. The van der Waals surface area contributed by atoms with Gasteiger partial charge in [-0.05, 0) is 31.2 Å². The Morgan fingerprint density at radius 2 is 2.00 bits per heavy atom. The predicted octanol–water partition coefficient (Wildman–Crippen LogP) is 2.11. The molecule has 18 heavy (non-hydrogen) atoms. The maximum absolute atomic E-state index is 12.9. The van der Waals surface area contributed by atoms with E-state index >= 15 is 0 Å². The van der Waals surface area contributed by atoms with E-state index in [0.29, 0.717) is 18.1 Å². The molecule has 2 rings (SSSR count). The minimum atomic E-state index is -0.309. The number of rotatable bonds is 3. The minimum absolute atomic E-state index is 0.130. The fourth-order valence-corrected chi connectivity index (χ4v) is 1.79. The summed E-state index contributed by atoms with van der Waals surface area (Å²) in [5.41, 5.74) is 1.04. The summed E-state index contributed by atoms with van der Waals surface area (Å²) in [5.74, 6) is 0.234. The molecule has 94 valence electrons. The van der Waals surface area contributed by atoms with Gasteiger partial charge in [-0.25, -0.2) is 9.37 Å². The highest BCUT2D eigenvalue weighted by atomic mass is 19.1. The van der Waals surface area contributed by atoms with Crippen molar-refractivity contribution in [3.05, 3.63) is 46.6 Å². The van der Waals surface area contributed by atoms with Crippen LogP contribution >= 0.6 is 0 Å². The Hall–Kier alpha value is -2.17. The van der Waals surface area contributed by atoms with E-state index < -0.39 is 0 Å². The van der Waals surface area contributed by atoms with Gasteiger partial charge >= 0.3 is 0 Å². The van der Waals surface area contributed by atoms with Crippen molar-refractivity contribution in [2.45, 2.75) is 13.5 Å². The zero-order valence-electron chi connectivity index (χ0n) is 10.3. The van der Waals surface area contributed by atoms with Crippen LogP contribution in [0.25, 0.3) is 11.4 Å². The molecular weight excluding hydrogens is 233 g/mol. The quantitative estimate of drug-likeness (QED) is 0.903. The molecule has 4 nitrogen and oxygen atoms in total. The number of benzene rings is 1. The van der Waals surface area contributed by atoms with Crippen LogP contribution in [-0.4, -0.2) is 16.6 Å². The lowest BCUT2D eigenvalue weighted by molar-refractivity contribution is 0.627. The average molecular weight is 247 g/mol. The Labute approximate surface area is 104 Å². The van der Waals surface area contributed by atoms with Crippen LogP contribution in [0, 0.1) is 5.82 Å². The fraction of sp³-hybridized carbons (Fsp3) is 0.231. The first-order valence-electron chi connectivity index (χ1n) is 5.71. The largest absolute Gasteiger partial charge is 0.382 e. The number of halogens is 1. The smallest absolute Gasteiger partial charge is 0.277 e. The third-order valence-corrected chi connectivity index (χ3v) is 2.74. The third kappa shape index (κ3) is 2.11. The van der Waals surface area contributed by atoms with Crippen LogP contribution in [0.15, 0.2) is 35.3 Å². The molecule has 0 spiro atoms. The number of nitrogens with zero attached hydrogens (tertiary/aromatic N) is 2. The molecule has 0 saturated carbocycles. The van der Waals surface area contributed by atoms with Gasteiger partial charge in [-0.15, -0.1) is 0 Å². The Balaban J connectivity index is 2.61. The van der Waals surface area contributed by atoms with Gasteiger partial charge in [0.15, 0.2) is 0 Å². The van der Waals surface area contributed by atoms with Crippen LogP contribution in [0.1, 0.15) is 6.92 Å². The summed E-state index contributed by atoms with van der Waals surface area (Å²) in [4.78, 5) is 16.3. The van der Waals surface area contributed by atoms with E-state index in [1.165, 1.54) is 18.3 Å². The van der Waals surface area contributed by atoms with Crippen molar-refractivity contribution in [2.75, 3.05) is 12.4 Å². The SMILES string of the molecule is CCn1c(-c2ccc(F)cc2)ncc(NC)c1=O. The Morgan fingerprint density at radius 1 is 1.33 bits per heavy atom. The van der Waals surface area contributed by atoms with Gasteiger partial charge in [-0.3, -0.25) is 9.36 Å². The fourth-order valence-electron chi connectivity index (χ4n) is 1.79. The molecule has 0 aliphatic carbocycles. The predicted molar refractivity (Wildman–Crippen MR) is 69.1 cm³/mol. The monoisotopic (exact) mass is 247 g/mol. The van der Waals surface area contributed by atoms with Crippen molar-refractivity contribution in [3.8, 4) is 11.4 Å². The van der Waals surface area contributed by atoms with E-state index in [4.69, 9.17) is 0 Å². The second-order valence-electron chi connectivity index (χ2n) is 3.80. The van der Waals surface area contributed by atoms with Crippen molar-refractivity contribution >= 4 is 5.69 Å². The Bertz CT molecular complexity index is 605. The van der Waals surface area contributed by atoms with Crippen LogP contribution in [0.3, 0.4) is 0 Å². The molecule has 1 aromatic carbocycles. The molecule has 1 N–H and O–H groups in total. The summed E-state index contributed by atoms with van der Waals surface area (Å²) in [6.07, 6.45) is 1.49. The highest BCUT2D eigenvalue weighted by Gasteiger charge is 2.09. The summed E-state index contributed by atoms with van der Waals surface area (Å²) >= 11 is 0. The molecule has 0 radical (unpaired) electrons. The minimum Gasteiger partial charge on any atom is -0.382 e. The van der Waals surface area contributed by atoms with Gasteiger partial charge in [0, 0.05) is 19.2 Å². The molecule has 0 bridgehead atoms. The lowest BCUT2D eigenvalue weighted by Gasteiger charge is -2.11.